The van der Waals surface area contributed by atoms with Gasteiger partial charge in [0.1, 0.15) is 0 Å². The van der Waals surface area contributed by atoms with Gasteiger partial charge in [0, 0.05) is 11.1 Å². The van der Waals surface area contributed by atoms with E-state index in [-0.39, 0.29) is 51.8 Å². The Morgan fingerprint density at radius 3 is 1.58 bits per heavy atom. The zero-order valence-corrected chi connectivity index (χ0v) is 42.1. The summed E-state index contributed by atoms with van der Waals surface area (Å²) in [6.07, 6.45) is -15.2. The molecule has 1 heterocycles. The highest BCUT2D eigenvalue weighted by molar-refractivity contribution is 6.34. The maximum absolute atomic E-state index is 14.5. The van der Waals surface area contributed by atoms with E-state index in [1.54, 1.807) is 105 Å². The second-order valence-corrected chi connectivity index (χ2v) is 17.8. The van der Waals surface area contributed by atoms with Gasteiger partial charge in [-0.2, -0.15) is 36.9 Å². The number of nitrogens with one attached hydrogen (secondary N) is 2. The smallest absolute Gasteiger partial charge is 0.415 e. The number of carbonyl (C=O) groups is 2. The average Bonchev–Trinajstić information content (AvgIpc) is 3.93. The van der Waals surface area contributed by atoms with Gasteiger partial charge in [-0.1, -0.05) is 108 Å². The second-order valence-electron chi connectivity index (χ2n) is 17.0. The number of amides is 2. The highest BCUT2D eigenvalue weighted by atomic mass is 35.5. The Bertz CT molecular complexity index is 3350. The summed E-state index contributed by atoms with van der Waals surface area (Å²) in [5.41, 5.74) is 8.46. The van der Waals surface area contributed by atoms with E-state index in [9.17, 15) is 35.9 Å². The lowest BCUT2D eigenvalue weighted by atomic mass is 9.90. The number of carbonyl (C=O) groups excluding carboxylic acids is 2. The fraction of sp³-hybridized carbons (Fsp3) is 0.214. The SMILES string of the molecule is [C-]#[N+]c1ccc(C[C@@H](C(=O)NNC(=O)c2ccc(C#N)cc2)[C@H](OCc2ccccc2)C(F)(F)F)c(C)c1Cl.[C-]#[N+]c1ccc(C[C@@H](c2nnc(-c3ccc(C#N)cc3)o2)[C@H](OCc2ccccc2)C(F)(F)F)c(C)c1Cl. The zero-order valence-electron chi connectivity index (χ0n) is 40.6. The predicted octanol–water partition coefficient (Wildman–Crippen LogP) is 13.4. The third-order valence-corrected chi connectivity index (χ3v) is 12.9. The lowest BCUT2D eigenvalue weighted by Gasteiger charge is -2.29. The topological polar surface area (TPSA) is 172 Å². The van der Waals surface area contributed by atoms with Crippen LogP contribution in [0.25, 0.3) is 21.1 Å². The quantitative estimate of drug-likeness (QED) is 0.0543. The summed E-state index contributed by atoms with van der Waals surface area (Å²) >= 11 is 12.5. The van der Waals surface area contributed by atoms with E-state index in [1.807, 2.05) is 12.1 Å². The zero-order chi connectivity index (χ0) is 55.9. The van der Waals surface area contributed by atoms with Crippen LogP contribution in [0.4, 0.5) is 37.7 Å². The van der Waals surface area contributed by atoms with Crippen LogP contribution in [0.1, 0.15) is 66.7 Å². The molecule has 0 aliphatic carbocycles. The number of nitriles is 2. The van der Waals surface area contributed by atoms with Gasteiger partial charge in [-0.15, -0.1) is 10.2 Å². The molecule has 2 N–H and O–H groups in total. The van der Waals surface area contributed by atoms with Gasteiger partial charge in [0.25, 0.3) is 5.91 Å². The first-order valence-electron chi connectivity index (χ1n) is 23.0. The molecule has 6 aromatic carbocycles. The number of nitrogens with zero attached hydrogens (tertiary/aromatic N) is 6. The van der Waals surface area contributed by atoms with E-state index >= 15 is 0 Å². The Hall–Kier alpha value is -8.56. The maximum Gasteiger partial charge on any atom is 0.415 e. The molecule has 7 rings (SSSR count). The van der Waals surface area contributed by atoms with Crippen LogP contribution in [0.5, 0.6) is 0 Å². The summed E-state index contributed by atoms with van der Waals surface area (Å²) in [4.78, 5) is 32.3. The fourth-order valence-corrected chi connectivity index (χ4v) is 8.19. The van der Waals surface area contributed by atoms with E-state index < -0.39 is 61.2 Å². The van der Waals surface area contributed by atoms with Crippen molar-refractivity contribution in [3.8, 4) is 23.6 Å². The Kier molecular flexibility index (Phi) is 19.7. The molecule has 0 bridgehead atoms. The van der Waals surface area contributed by atoms with Gasteiger partial charge in [0.05, 0.1) is 71.5 Å². The molecule has 0 unspecified atom stereocenters. The summed E-state index contributed by atoms with van der Waals surface area (Å²) in [5.74, 6) is -5.42. The van der Waals surface area contributed by atoms with Crippen LogP contribution in [0, 0.1) is 55.6 Å². The van der Waals surface area contributed by atoms with Crippen LogP contribution in [0.15, 0.2) is 138 Å². The molecule has 0 radical (unpaired) electrons. The molecular formula is C56H42Cl2F6N8O5. The molecule has 0 saturated heterocycles. The number of hydrazine groups is 1. The van der Waals surface area contributed by atoms with Crippen molar-refractivity contribution in [2.24, 2.45) is 5.92 Å². The van der Waals surface area contributed by atoms with Gasteiger partial charge >= 0.3 is 12.4 Å². The first-order chi connectivity index (χ1) is 36.8. The Labute approximate surface area is 448 Å². The minimum absolute atomic E-state index is 0.0107. The van der Waals surface area contributed by atoms with E-state index in [1.165, 1.54) is 42.5 Å². The Balaban J connectivity index is 0.000000250. The lowest BCUT2D eigenvalue weighted by molar-refractivity contribution is -0.238. The summed E-state index contributed by atoms with van der Waals surface area (Å²) in [7, 11) is 0. The fourth-order valence-electron chi connectivity index (χ4n) is 7.74. The normalized spacial score (nSPS) is 12.7. The first-order valence-corrected chi connectivity index (χ1v) is 23.7. The van der Waals surface area contributed by atoms with Crippen LogP contribution in [0.2, 0.25) is 10.0 Å². The highest BCUT2D eigenvalue weighted by Crippen LogP contribution is 2.41. The molecular weight excluding hydrogens is 1050 g/mol. The largest absolute Gasteiger partial charge is 0.420 e. The van der Waals surface area contributed by atoms with Crippen molar-refractivity contribution in [1.29, 1.82) is 10.5 Å². The van der Waals surface area contributed by atoms with Gasteiger partial charge in [0.2, 0.25) is 29.1 Å². The minimum Gasteiger partial charge on any atom is -0.420 e. The molecule has 392 valence electrons. The van der Waals surface area contributed by atoms with Gasteiger partial charge in [-0.25, -0.2) is 9.69 Å². The third kappa shape index (κ3) is 15.3. The van der Waals surface area contributed by atoms with Gasteiger partial charge < -0.3 is 13.9 Å². The highest BCUT2D eigenvalue weighted by Gasteiger charge is 2.50. The average molecular weight is 1090 g/mol. The number of rotatable bonds is 16. The number of hydrogen-bond donors (Lipinski definition) is 2. The summed E-state index contributed by atoms with van der Waals surface area (Å²) in [5, 5.41) is 26.1. The van der Waals surface area contributed by atoms with Crippen molar-refractivity contribution < 1.29 is 49.8 Å². The van der Waals surface area contributed by atoms with E-state index in [2.05, 4.69) is 30.7 Å². The van der Waals surface area contributed by atoms with Gasteiger partial charge in [-0.3, -0.25) is 20.4 Å². The monoisotopic (exact) mass is 1090 g/mol. The molecule has 0 aliphatic rings. The molecule has 0 saturated carbocycles. The number of ether oxygens (including phenoxy) is 2. The van der Waals surface area contributed by atoms with Crippen molar-refractivity contribution in [2.75, 3.05) is 0 Å². The number of benzene rings is 6. The van der Waals surface area contributed by atoms with Gasteiger partial charge in [0.15, 0.2) is 12.2 Å². The van der Waals surface area contributed by atoms with Gasteiger partial charge in [-0.05, 0) is 109 Å². The van der Waals surface area contributed by atoms with E-state index in [4.69, 9.17) is 60.8 Å². The van der Waals surface area contributed by atoms with E-state index in [0.29, 0.717) is 50.1 Å². The van der Waals surface area contributed by atoms with Crippen molar-refractivity contribution in [2.45, 2.75) is 70.4 Å². The number of alkyl halides is 6. The number of hydrogen-bond acceptors (Lipinski definition) is 9. The summed E-state index contributed by atoms with van der Waals surface area (Å²) < 4.78 is 103. The Morgan fingerprint density at radius 1 is 0.649 bits per heavy atom. The second kappa shape index (κ2) is 26.3. The number of aromatic nitrogens is 2. The molecule has 1 aromatic heterocycles. The molecule has 0 aliphatic heterocycles. The van der Waals surface area contributed by atoms with Crippen LogP contribution in [-0.2, 0) is 40.3 Å². The summed E-state index contributed by atoms with van der Waals surface area (Å²) in [6.45, 7) is 16.9. The van der Waals surface area contributed by atoms with Crippen LogP contribution < -0.4 is 10.9 Å². The molecule has 21 heteroatoms. The van der Waals surface area contributed by atoms with E-state index in [0.717, 1.165) is 0 Å². The Morgan fingerprint density at radius 2 is 1.12 bits per heavy atom. The molecule has 2 amide bonds. The predicted molar refractivity (Wildman–Crippen MR) is 272 cm³/mol. The van der Waals surface area contributed by atoms with Crippen LogP contribution in [-0.4, -0.2) is 46.6 Å². The van der Waals surface area contributed by atoms with Crippen molar-refractivity contribution in [1.82, 2.24) is 21.0 Å². The van der Waals surface area contributed by atoms with Crippen molar-refractivity contribution in [3.63, 3.8) is 0 Å². The van der Waals surface area contributed by atoms with Crippen molar-refractivity contribution in [3.05, 3.63) is 222 Å². The molecule has 0 spiro atoms. The standard InChI is InChI=1S/C28H22ClF3N4O3.C28H20ClF3N4O2/c1-17-21(12-13-23(34-2)24(17)29)14-22(25(28(30,31)32)39-16-19-6-4-3-5-7-19)27(38)36-35-26(37)20-10-8-18(15-33)9-11-20;1-17-21(12-13-23(34-2)24(17)29)14-22(25(28(30,31)32)37-16-19-6-4-3-5-7-19)27-36-35-26(38-27)20-10-8-18(15-33)9-11-20/h3-13,22,25H,14,16H2,1H3,(H,35,37)(H,36,38);3-13,22,25H,14,16H2,1H3/t2*22-,25+/m11/s1. The molecule has 7 aromatic rings. The van der Waals surface area contributed by atoms with Crippen LogP contribution >= 0.6 is 23.2 Å². The van der Waals surface area contributed by atoms with Crippen molar-refractivity contribution >= 4 is 46.4 Å². The molecule has 0 fully saturated rings. The summed E-state index contributed by atoms with van der Waals surface area (Å²) in [6, 6.07) is 38.1. The molecule has 4 atom stereocenters. The minimum atomic E-state index is -4.94. The molecule has 13 nitrogen and oxygen atoms in total. The first kappa shape index (κ1) is 57.7. The molecule has 77 heavy (non-hydrogen) atoms. The third-order valence-electron chi connectivity index (χ3n) is 11.9. The lowest BCUT2D eigenvalue weighted by Crippen LogP contribution is -2.51. The number of halogens is 8. The maximum atomic E-state index is 14.5. The van der Waals surface area contributed by atoms with Crippen LogP contribution in [0.3, 0.4) is 0 Å².